The summed E-state index contributed by atoms with van der Waals surface area (Å²) in [5.41, 5.74) is 5.52. The zero-order valence-electron chi connectivity index (χ0n) is 8.45. The number of aromatic nitrogens is 2. The minimum atomic E-state index is -0.905. The number of hydrogen-bond donors (Lipinski definition) is 3. The van der Waals surface area contributed by atoms with E-state index in [2.05, 4.69) is 9.97 Å². The van der Waals surface area contributed by atoms with Crippen LogP contribution in [0.5, 0.6) is 0 Å². The molecule has 86 valence electrons. The molecule has 2 atom stereocenters. The summed E-state index contributed by atoms with van der Waals surface area (Å²) in [4.78, 5) is 20.7. The summed E-state index contributed by atoms with van der Waals surface area (Å²) in [6, 6.07) is 0. The van der Waals surface area contributed by atoms with E-state index >= 15 is 0 Å². The number of aliphatic hydroxyl groups is 2. The van der Waals surface area contributed by atoms with Gasteiger partial charge in [-0.15, -0.1) is 0 Å². The van der Waals surface area contributed by atoms with Crippen molar-refractivity contribution in [2.24, 2.45) is 0 Å². The fourth-order valence-electron chi connectivity index (χ4n) is 1.58. The first kappa shape index (κ1) is 10.8. The molecular formula is C9H12N4O3. The number of β-amino-alcohol motifs (C(OH)–C–C–N with tert-alkyl or cyclic N) is 2. The van der Waals surface area contributed by atoms with Crippen LogP contribution in [0, 0.1) is 0 Å². The molecule has 16 heavy (non-hydrogen) atoms. The third-order valence-electron chi connectivity index (χ3n) is 2.42. The Hall–Kier alpha value is -1.73. The maximum Gasteiger partial charge on any atom is 0.274 e. The van der Waals surface area contributed by atoms with E-state index in [9.17, 15) is 15.0 Å². The SMILES string of the molecule is Nc1cncc(C(=O)N2CC(O)C(O)C2)n1. The van der Waals surface area contributed by atoms with Crippen molar-refractivity contribution in [1.29, 1.82) is 0 Å². The standard InChI is InChI=1S/C9H12N4O3/c10-8-2-11-1-5(12-8)9(16)13-3-6(14)7(15)4-13/h1-2,6-7,14-15H,3-4H2,(H2,10,12). The maximum atomic E-state index is 11.8. The van der Waals surface area contributed by atoms with Crippen molar-refractivity contribution in [1.82, 2.24) is 14.9 Å². The van der Waals surface area contributed by atoms with E-state index in [0.29, 0.717) is 0 Å². The van der Waals surface area contributed by atoms with Gasteiger partial charge in [-0.3, -0.25) is 9.78 Å². The van der Waals surface area contributed by atoms with E-state index in [0.717, 1.165) is 0 Å². The monoisotopic (exact) mass is 224 g/mol. The van der Waals surface area contributed by atoms with Gasteiger partial charge in [0, 0.05) is 13.1 Å². The van der Waals surface area contributed by atoms with Gasteiger partial charge in [0.25, 0.3) is 5.91 Å². The van der Waals surface area contributed by atoms with E-state index < -0.39 is 18.1 Å². The number of anilines is 1. The van der Waals surface area contributed by atoms with Crippen LogP contribution in [0.3, 0.4) is 0 Å². The largest absolute Gasteiger partial charge is 0.388 e. The Morgan fingerprint density at radius 3 is 2.56 bits per heavy atom. The van der Waals surface area contributed by atoms with Gasteiger partial charge in [0.1, 0.15) is 11.5 Å². The highest BCUT2D eigenvalue weighted by Crippen LogP contribution is 2.13. The van der Waals surface area contributed by atoms with Crippen LogP contribution in [0.4, 0.5) is 5.82 Å². The molecule has 7 nitrogen and oxygen atoms in total. The van der Waals surface area contributed by atoms with Crippen molar-refractivity contribution in [3.05, 3.63) is 18.1 Å². The van der Waals surface area contributed by atoms with Gasteiger partial charge < -0.3 is 20.8 Å². The first-order valence-electron chi connectivity index (χ1n) is 4.81. The predicted octanol–water partition coefficient (Wildman–Crippen LogP) is -1.76. The van der Waals surface area contributed by atoms with Crippen LogP contribution >= 0.6 is 0 Å². The number of nitrogens with two attached hydrogens (primary N) is 1. The van der Waals surface area contributed by atoms with Crippen LogP contribution < -0.4 is 5.73 Å². The lowest BCUT2D eigenvalue weighted by Gasteiger charge is -2.14. The minimum absolute atomic E-state index is 0.0937. The number of likely N-dealkylation sites (tertiary alicyclic amines) is 1. The molecule has 2 unspecified atom stereocenters. The molecule has 1 amide bonds. The fourth-order valence-corrected chi connectivity index (χ4v) is 1.58. The summed E-state index contributed by atoms with van der Waals surface area (Å²) < 4.78 is 0. The van der Waals surface area contributed by atoms with Gasteiger partial charge in [-0.25, -0.2) is 4.98 Å². The van der Waals surface area contributed by atoms with E-state index in [1.807, 2.05) is 0 Å². The number of amides is 1. The number of carbonyl (C=O) groups is 1. The second-order valence-corrected chi connectivity index (χ2v) is 3.67. The number of rotatable bonds is 1. The van der Waals surface area contributed by atoms with Crippen molar-refractivity contribution in [2.75, 3.05) is 18.8 Å². The summed E-state index contributed by atoms with van der Waals surface area (Å²) in [7, 11) is 0. The summed E-state index contributed by atoms with van der Waals surface area (Å²) >= 11 is 0. The van der Waals surface area contributed by atoms with Crippen molar-refractivity contribution in [3.8, 4) is 0 Å². The fraction of sp³-hybridized carbons (Fsp3) is 0.444. The molecule has 2 rings (SSSR count). The van der Waals surface area contributed by atoms with E-state index in [1.165, 1.54) is 17.3 Å². The molecule has 0 radical (unpaired) electrons. The summed E-state index contributed by atoms with van der Waals surface area (Å²) in [5, 5.41) is 18.6. The van der Waals surface area contributed by atoms with Gasteiger partial charge in [0.2, 0.25) is 0 Å². The quantitative estimate of drug-likeness (QED) is 0.520. The number of hydrogen-bond acceptors (Lipinski definition) is 6. The molecule has 1 saturated heterocycles. The molecule has 7 heteroatoms. The molecule has 0 saturated carbocycles. The lowest BCUT2D eigenvalue weighted by Crippen LogP contribution is -2.30. The van der Waals surface area contributed by atoms with Gasteiger partial charge in [0.15, 0.2) is 0 Å². The molecule has 2 heterocycles. The Morgan fingerprint density at radius 2 is 2.00 bits per heavy atom. The maximum absolute atomic E-state index is 11.8. The van der Waals surface area contributed by atoms with Crippen molar-refractivity contribution < 1.29 is 15.0 Å². The summed E-state index contributed by atoms with van der Waals surface area (Å²) in [5.74, 6) is -0.235. The smallest absolute Gasteiger partial charge is 0.274 e. The van der Waals surface area contributed by atoms with Crippen LogP contribution in [-0.4, -0.2) is 56.3 Å². The number of aliphatic hydroxyl groups excluding tert-OH is 2. The van der Waals surface area contributed by atoms with Crippen LogP contribution in [-0.2, 0) is 0 Å². The van der Waals surface area contributed by atoms with Crippen molar-refractivity contribution in [2.45, 2.75) is 12.2 Å². The first-order chi connectivity index (χ1) is 7.58. The van der Waals surface area contributed by atoms with Gasteiger partial charge >= 0.3 is 0 Å². The molecule has 1 fully saturated rings. The van der Waals surface area contributed by atoms with Gasteiger partial charge in [-0.1, -0.05) is 0 Å². The summed E-state index contributed by atoms with van der Waals surface area (Å²) in [6.45, 7) is 0.187. The molecule has 1 aromatic rings. The van der Waals surface area contributed by atoms with Crippen molar-refractivity contribution >= 4 is 11.7 Å². The molecule has 0 spiro atoms. The minimum Gasteiger partial charge on any atom is -0.388 e. The highest BCUT2D eigenvalue weighted by Gasteiger charge is 2.33. The van der Waals surface area contributed by atoms with Gasteiger partial charge in [0.05, 0.1) is 24.6 Å². The Balaban J connectivity index is 2.14. The number of nitrogen functional groups attached to an aromatic ring is 1. The lowest BCUT2D eigenvalue weighted by atomic mass is 10.3. The van der Waals surface area contributed by atoms with Crippen LogP contribution in [0.15, 0.2) is 12.4 Å². The Labute approximate surface area is 91.5 Å². The molecule has 1 aromatic heterocycles. The van der Waals surface area contributed by atoms with Crippen LogP contribution in [0.2, 0.25) is 0 Å². The molecular weight excluding hydrogens is 212 g/mol. The molecule has 1 aliphatic heterocycles. The average Bonchev–Trinajstić information content (AvgIpc) is 2.58. The average molecular weight is 224 g/mol. The normalized spacial score (nSPS) is 24.8. The molecule has 0 bridgehead atoms. The summed E-state index contributed by atoms with van der Waals surface area (Å²) in [6.07, 6.45) is 0.830. The second-order valence-electron chi connectivity index (χ2n) is 3.67. The highest BCUT2D eigenvalue weighted by atomic mass is 16.3. The molecule has 1 aliphatic rings. The van der Waals surface area contributed by atoms with Crippen LogP contribution in [0.25, 0.3) is 0 Å². The highest BCUT2D eigenvalue weighted by molar-refractivity contribution is 5.92. The second kappa shape index (κ2) is 4.03. The van der Waals surface area contributed by atoms with Gasteiger partial charge in [-0.05, 0) is 0 Å². The Kier molecular flexibility index (Phi) is 2.71. The zero-order valence-corrected chi connectivity index (χ0v) is 8.45. The van der Waals surface area contributed by atoms with E-state index in [1.54, 1.807) is 0 Å². The first-order valence-corrected chi connectivity index (χ1v) is 4.81. The number of carbonyl (C=O) groups excluding carboxylic acids is 1. The third kappa shape index (κ3) is 1.95. The van der Waals surface area contributed by atoms with E-state index in [4.69, 9.17) is 5.73 Å². The molecule has 0 aliphatic carbocycles. The topological polar surface area (TPSA) is 113 Å². The molecule has 4 N–H and O–H groups in total. The number of nitrogens with zero attached hydrogens (tertiary/aromatic N) is 3. The molecule has 0 aromatic carbocycles. The zero-order chi connectivity index (χ0) is 11.7. The van der Waals surface area contributed by atoms with E-state index in [-0.39, 0.29) is 24.6 Å². The third-order valence-corrected chi connectivity index (χ3v) is 2.42. The van der Waals surface area contributed by atoms with Crippen molar-refractivity contribution in [3.63, 3.8) is 0 Å². The Bertz CT molecular complexity index is 401. The van der Waals surface area contributed by atoms with Crippen LogP contribution in [0.1, 0.15) is 10.5 Å². The Morgan fingerprint density at radius 1 is 1.38 bits per heavy atom. The van der Waals surface area contributed by atoms with Gasteiger partial charge in [-0.2, -0.15) is 0 Å². The predicted molar refractivity (Wildman–Crippen MR) is 54.4 cm³/mol. The lowest BCUT2D eigenvalue weighted by molar-refractivity contribution is 0.0572.